The largest absolute Gasteiger partial charge is 0.338 e. The smallest absolute Gasteiger partial charge is 0.182 e. The lowest BCUT2D eigenvalue weighted by Crippen LogP contribution is -2.01. The normalized spacial score (nSPS) is 11.7. The Labute approximate surface area is 132 Å². The number of rotatable bonds is 2. The van der Waals surface area contributed by atoms with Gasteiger partial charge in [0, 0.05) is 19.0 Å². The standard InChI is InChI=1S/C17H16FN5/c1-4-23-14-9-12(18)6-5-11(14)8-15(23)17-19-13-7-10(2)20-21-16(13)22(17)3/h5-9H,4H2,1-3H3. The molecule has 4 aromatic rings. The molecule has 0 saturated heterocycles. The summed E-state index contributed by atoms with van der Waals surface area (Å²) in [5.41, 5.74) is 4.21. The fourth-order valence-corrected chi connectivity index (χ4v) is 3.06. The molecule has 0 saturated carbocycles. The second kappa shape index (κ2) is 4.87. The molecule has 0 aliphatic carbocycles. The number of aryl methyl sites for hydroxylation is 3. The van der Waals surface area contributed by atoms with Crippen LogP contribution in [0.15, 0.2) is 30.3 Å². The third kappa shape index (κ3) is 2.02. The van der Waals surface area contributed by atoms with Crippen molar-refractivity contribution >= 4 is 22.1 Å². The average Bonchev–Trinajstić information content (AvgIpc) is 3.04. The van der Waals surface area contributed by atoms with Gasteiger partial charge in [-0.2, -0.15) is 5.10 Å². The van der Waals surface area contributed by atoms with Crippen LogP contribution in [0.5, 0.6) is 0 Å². The zero-order chi connectivity index (χ0) is 16.1. The van der Waals surface area contributed by atoms with Gasteiger partial charge in [0.25, 0.3) is 0 Å². The van der Waals surface area contributed by atoms with Crippen LogP contribution in [0.25, 0.3) is 33.6 Å². The summed E-state index contributed by atoms with van der Waals surface area (Å²) in [6.45, 7) is 4.67. The number of aromatic nitrogens is 5. The summed E-state index contributed by atoms with van der Waals surface area (Å²) >= 11 is 0. The predicted molar refractivity (Wildman–Crippen MR) is 87.6 cm³/mol. The molecule has 0 amide bonds. The fourth-order valence-electron chi connectivity index (χ4n) is 3.06. The molecule has 1 aromatic carbocycles. The first kappa shape index (κ1) is 13.9. The van der Waals surface area contributed by atoms with Gasteiger partial charge < -0.3 is 9.13 Å². The third-order valence-electron chi connectivity index (χ3n) is 4.15. The van der Waals surface area contributed by atoms with Gasteiger partial charge in [0.15, 0.2) is 11.5 Å². The van der Waals surface area contributed by atoms with Crippen LogP contribution in [0.2, 0.25) is 0 Å². The van der Waals surface area contributed by atoms with Crippen molar-refractivity contribution in [2.24, 2.45) is 7.05 Å². The van der Waals surface area contributed by atoms with Gasteiger partial charge in [-0.15, -0.1) is 5.10 Å². The lowest BCUT2D eigenvalue weighted by molar-refractivity contribution is 0.628. The van der Waals surface area contributed by atoms with Crippen molar-refractivity contribution in [2.45, 2.75) is 20.4 Å². The minimum atomic E-state index is -0.233. The number of hydrogen-bond acceptors (Lipinski definition) is 3. The van der Waals surface area contributed by atoms with Crippen molar-refractivity contribution < 1.29 is 4.39 Å². The van der Waals surface area contributed by atoms with Gasteiger partial charge in [-0.25, -0.2) is 9.37 Å². The van der Waals surface area contributed by atoms with Crippen LogP contribution in [-0.2, 0) is 13.6 Å². The Morgan fingerprint density at radius 2 is 1.96 bits per heavy atom. The fraction of sp³-hybridized carbons (Fsp3) is 0.235. The molecule has 116 valence electrons. The van der Waals surface area contributed by atoms with Crippen LogP contribution in [-0.4, -0.2) is 24.3 Å². The predicted octanol–water partition coefficient (Wildman–Crippen LogP) is 3.45. The highest BCUT2D eigenvalue weighted by Crippen LogP contribution is 2.29. The van der Waals surface area contributed by atoms with Gasteiger partial charge in [-0.1, -0.05) is 0 Å². The Balaban J connectivity index is 2.04. The van der Waals surface area contributed by atoms with Crippen LogP contribution >= 0.6 is 0 Å². The number of fused-ring (bicyclic) bond motifs is 2. The molecule has 3 heterocycles. The van der Waals surface area contributed by atoms with Crippen molar-refractivity contribution in [1.82, 2.24) is 24.3 Å². The molecular weight excluding hydrogens is 293 g/mol. The first-order valence-corrected chi connectivity index (χ1v) is 7.54. The highest BCUT2D eigenvalue weighted by Gasteiger charge is 2.17. The van der Waals surface area contributed by atoms with E-state index in [1.807, 2.05) is 37.6 Å². The summed E-state index contributed by atoms with van der Waals surface area (Å²) in [6, 6.07) is 8.81. The van der Waals surface area contributed by atoms with Gasteiger partial charge in [-0.05, 0) is 44.2 Å². The Kier molecular flexibility index (Phi) is 2.94. The second-order valence-corrected chi connectivity index (χ2v) is 5.67. The SMILES string of the molecule is CCn1c(-c2nc3cc(C)nnc3n2C)cc2ccc(F)cc21. The molecule has 0 radical (unpaired) electrons. The highest BCUT2D eigenvalue weighted by atomic mass is 19.1. The Bertz CT molecular complexity index is 1040. The van der Waals surface area contributed by atoms with E-state index < -0.39 is 0 Å². The molecular formula is C17H16FN5. The molecule has 0 aliphatic heterocycles. The quantitative estimate of drug-likeness (QED) is 0.570. The molecule has 0 atom stereocenters. The molecule has 0 unspecified atom stereocenters. The summed E-state index contributed by atoms with van der Waals surface area (Å²) in [6.07, 6.45) is 0. The van der Waals surface area contributed by atoms with Gasteiger partial charge in [0.2, 0.25) is 0 Å². The van der Waals surface area contributed by atoms with Crippen LogP contribution in [0.3, 0.4) is 0 Å². The maximum atomic E-state index is 13.6. The molecule has 0 fully saturated rings. The lowest BCUT2D eigenvalue weighted by Gasteiger charge is -2.07. The molecule has 23 heavy (non-hydrogen) atoms. The Hall–Kier alpha value is -2.76. The Morgan fingerprint density at radius 3 is 2.74 bits per heavy atom. The van der Waals surface area contributed by atoms with E-state index in [-0.39, 0.29) is 5.82 Å². The number of imidazole rings is 1. The van der Waals surface area contributed by atoms with E-state index in [1.165, 1.54) is 6.07 Å². The molecule has 4 rings (SSSR count). The minimum Gasteiger partial charge on any atom is -0.338 e. The van der Waals surface area contributed by atoms with Crippen molar-refractivity contribution in [3.05, 3.63) is 41.8 Å². The molecule has 0 N–H and O–H groups in total. The van der Waals surface area contributed by atoms with Gasteiger partial charge in [0.05, 0.1) is 16.9 Å². The van der Waals surface area contributed by atoms with Crippen molar-refractivity contribution in [2.75, 3.05) is 0 Å². The van der Waals surface area contributed by atoms with E-state index in [4.69, 9.17) is 4.98 Å². The van der Waals surface area contributed by atoms with Crippen LogP contribution in [0.1, 0.15) is 12.6 Å². The molecule has 5 nitrogen and oxygen atoms in total. The summed E-state index contributed by atoms with van der Waals surface area (Å²) in [7, 11) is 1.92. The van der Waals surface area contributed by atoms with E-state index in [9.17, 15) is 4.39 Å². The van der Waals surface area contributed by atoms with Crippen molar-refractivity contribution in [3.8, 4) is 11.5 Å². The zero-order valence-corrected chi connectivity index (χ0v) is 13.2. The van der Waals surface area contributed by atoms with E-state index in [0.29, 0.717) is 0 Å². The molecule has 0 bridgehead atoms. The second-order valence-electron chi connectivity index (χ2n) is 5.67. The van der Waals surface area contributed by atoms with Gasteiger partial charge >= 0.3 is 0 Å². The first-order chi connectivity index (χ1) is 11.1. The van der Waals surface area contributed by atoms with E-state index in [0.717, 1.165) is 45.8 Å². The molecule has 0 aliphatic rings. The van der Waals surface area contributed by atoms with Crippen molar-refractivity contribution in [1.29, 1.82) is 0 Å². The lowest BCUT2D eigenvalue weighted by atomic mass is 10.2. The zero-order valence-electron chi connectivity index (χ0n) is 13.2. The summed E-state index contributed by atoms with van der Waals surface area (Å²) < 4.78 is 17.6. The topological polar surface area (TPSA) is 48.5 Å². The number of benzene rings is 1. The number of hydrogen-bond donors (Lipinski definition) is 0. The summed E-state index contributed by atoms with van der Waals surface area (Å²) in [5, 5.41) is 9.33. The summed E-state index contributed by atoms with van der Waals surface area (Å²) in [5.74, 6) is 0.571. The molecule has 6 heteroatoms. The number of halogens is 1. The van der Waals surface area contributed by atoms with E-state index >= 15 is 0 Å². The van der Waals surface area contributed by atoms with Crippen molar-refractivity contribution in [3.63, 3.8) is 0 Å². The Morgan fingerprint density at radius 1 is 1.13 bits per heavy atom. The minimum absolute atomic E-state index is 0.233. The molecule has 3 aromatic heterocycles. The van der Waals surface area contributed by atoms with Gasteiger partial charge in [0.1, 0.15) is 11.3 Å². The first-order valence-electron chi connectivity index (χ1n) is 7.54. The van der Waals surface area contributed by atoms with Gasteiger partial charge in [-0.3, -0.25) is 0 Å². The number of nitrogens with zero attached hydrogens (tertiary/aromatic N) is 5. The van der Waals surface area contributed by atoms with E-state index in [1.54, 1.807) is 12.1 Å². The van der Waals surface area contributed by atoms with Crippen LogP contribution in [0.4, 0.5) is 4.39 Å². The van der Waals surface area contributed by atoms with Crippen LogP contribution < -0.4 is 0 Å². The molecule has 0 spiro atoms. The van der Waals surface area contributed by atoms with E-state index in [2.05, 4.69) is 14.8 Å². The monoisotopic (exact) mass is 309 g/mol. The maximum Gasteiger partial charge on any atom is 0.182 e. The third-order valence-corrected chi connectivity index (χ3v) is 4.15. The average molecular weight is 309 g/mol. The summed E-state index contributed by atoms with van der Waals surface area (Å²) in [4.78, 5) is 4.72. The van der Waals surface area contributed by atoms with Crippen LogP contribution in [0, 0.1) is 12.7 Å². The highest BCUT2D eigenvalue weighted by molar-refractivity contribution is 5.87. The maximum absolute atomic E-state index is 13.6.